The summed E-state index contributed by atoms with van der Waals surface area (Å²) in [7, 11) is -2.52. The summed E-state index contributed by atoms with van der Waals surface area (Å²) in [4.78, 5) is 24.2. The standard InChI is InChI=1S/C24H27N5O4S/c1-33-21-10-5-9-20(17-21)24(11-15-29(16-12-24)23-25-13-6-14-26-23)22(30)28-34(31,32)27-18-19-7-3-2-4-8-19/h2-10,13-14,17,27H,11-12,15-16,18H2,1H3,(H,28,30). The van der Waals surface area contributed by atoms with Gasteiger partial charge in [-0.25, -0.2) is 14.7 Å². The van der Waals surface area contributed by atoms with Crippen molar-refractivity contribution in [2.24, 2.45) is 0 Å². The molecule has 10 heteroatoms. The van der Waals surface area contributed by atoms with Crippen molar-refractivity contribution in [1.29, 1.82) is 0 Å². The second kappa shape index (κ2) is 10.2. The molecule has 1 aliphatic rings. The van der Waals surface area contributed by atoms with Crippen LogP contribution < -0.4 is 19.1 Å². The molecule has 1 saturated heterocycles. The van der Waals surface area contributed by atoms with Gasteiger partial charge in [-0.05, 0) is 42.2 Å². The van der Waals surface area contributed by atoms with Gasteiger partial charge < -0.3 is 9.64 Å². The molecule has 34 heavy (non-hydrogen) atoms. The van der Waals surface area contributed by atoms with E-state index in [1.807, 2.05) is 41.3 Å². The minimum atomic E-state index is -4.07. The largest absolute Gasteiger partial charge is 0.497 e. The third kappa shape index (κ3) is 5.35. The zero-order valence-electron chi connectivity index (χ0n) is 18.8. The van der Waals surface area contributed by atoms with Crippen LogP contribution in [0.4, 0.5) is 5.95 Å². The molecule has 1 aliphatic heterocycles. The van der Waals surface area contributed by atoms with Gasteiger partial charge in [0, 0.05) is 32.0 Å². The fraction of sp³-hybridized carbons (Fsp3) is 0.292. The quantitative estimate of drug-likeness (QED) is 0.507. The lowest BCUT2D eigenvalue weighted by Crippen LogP contribution is -2.54. The Labute approximate surface area is 199 Å². The van der Waals surface area contributed by atoms with Crippen molar-refractivity contribution < 1.29 is 17.9 Å². The summed E-state index contributed by atoms with van der Waals surface area (Å²) in [5, 5.41) is 0. The van der Waals surface area contributed by atoms with Gasteiger partial charge in [-0.15, -0.1) is 0 Å². The molecule has 1 amide bonds. The van der Waals surface area contributed by atoms with E-state index < -0.39 is 21.5 Å². The van der Waals surface area contributed by atoms with Gasteiger partial charge in [-0.2, -0.15) is 13.1 Å². The Morgan fingerprint density at radius 3 is 2.41 bits per heavy atom. The Bertz CT molecular complexity index is 1210. The van der Waals surface area contributed by atoms with Crippen LogP contribution in [-0.2, 0) is 27.0 Å². The van der Waals surface area contributed by atoms with Gasteiger partial charge >= 0.3 is 10.2 Å². The van der Waals surface area contributed by atoms with E-state index in [-0.39, 0.29) is 6.54 Å². The number of piperidine rings is 1. The minimum absolute atomic E-state index is 0.0781. The topological polar surface area (TPSA) is 114 Å². The number of aromatic nitrogens is 2. The molecule has 0 bridgehead atoms. The predicted octanol–water partition coefficient (Wildman–Crippen LogP) is 2.17. The number of rotatable bonds is 8. The van der Waals surface area contributed by atoms with Gasteiger partial charge in [0.2, 0.25) is 11.9 Å². The molecule has 178 valence electrons. The Morgan fingerprint density at radius 2 is 1.74 bits per heavy atom. The minimum Gasteiger partial charge on any atom is -0.497 e. The molecule has 0 saturated carbocycles. The van der Waals surface area contributed by atoms with Gasteiger partial charge in [0.1, 0.15) is 5.75 Å². The summed E-state index contributed by atoms with van der Waals surface area (Å²) in [5.74, 6) is 0.609. The summed E-state index contributed by atoms with van der Waals surface area (Å²) in [6, 6.07) is 18.1. The van der Waals surface area contributed by atoms with Crippen LogP contribution in [0, 0.1) is 0 Å². The molecule has 0 atom stereocenters. The number of ether oxygens (including phenoxy) is 1. The molecule has 1 fully saturated rings. The monoisotopic (exact) mass is 481 g/mol. The fourth-order valence-corrected chi connectivity index (χ4v) is 5.01. The number of methoxy groups -OCH3 is 1. The highest BCUT2D eigenvalue weighted by molar-refractivity contribution is 7.88. The Hall–Kier alpha value is -3.50. The van der Waals surface area contributed by atoms with Crippen molar-refractivity contribution in [3.63, 3.8) is 0 Å². The SMILES string of the molecule is COc1cccc(C2(C(=O)NS(=O)(=O)NCc3ccccc3)CCN(c3ncccn3)CC2)c1. The van der Waals surface area contributed by atoms with Crippen molar-refractivity contribution in [1.82, 2.24) is 19.4 Å². The van der Waals surface area contributed by atoms with Crippen LogP contribution in [0.1, 0.15) is 24.0 Å². The van der Waals surface area contributed by atoms with E-state index in [1.54, 1.807) is 43.8 Å². The lowest BCUT2D eigenvalue weighted by Gasteiger charge is -2.40. The number of hydrogen-bond acceptors (Lipinski definition) is 7. The maximum atomic E-state index is 13.6. The Balaban J connectivity index is 1.56. The van der Waals surface area contributed by atoms with Crippen molar-refractivity contribution in [3.8, 4) is 5.75 Å². The number of benzene rings is 2. The van der Waals surface area contributed by atoms with E-state index in [2.05, 4.69) is 19.4 Å². The number of carbonyl (C=O) groups excluding carboxylic acids is 1. The maximum absolute atomic E-state index is 13.6. The predicted molar refractivity (Wildman–Crippen MR) is 128 cm³/mol. The highest BCUT2D eigenvalue weighted by Gasteiger charge is 2.45. The van der Waals surface area contributed by atoms with Crippen molar-refractivity contribution >= 4 is 22.1 Å². The second-order valence-electron chi connectivity index (χ2n) is 8.09. The highest BCUT2D eigenvalue weighted by Crippen LogP contribution is 2.38. The van der Waals surface area contributed by atoms with Crippen molar-refractivity contribution in [3.05, 3.63) is 84.2 Å². The van der Waals surface area contributed by atoms with Gasteiger partial charge in [0.15, 0.2) is 0 Å². The Morgan fingerprint density at radius 1 is 1.03 bits per heavy atom. The molecule has 2 N–H and O–H groups in total. The van der Waals surface area contributed by atoms with E-state index >= 15 is 0 Å². The van der Waals surface area contributed by atoms with Crippen LogP contribution in [0.25, 0.3) is 0 Å². The number of nitrogens with zero attached hydrogens (tertiary/aromatic N) is 3. The van der Waals surface area contributed by atoms with Gasteiger partial charge in [-0.3, -0.25) is 4.79 Å². The number of nitrogens with one attached hydrogen (secondary N) is 2. The fourth-order valence-electron chi connectivity index (χ4n) is 4.14. The third-order valence-corrected chi connectivity index (χ3v) is 7.02. The summed E-state index contributed by atoms with van der Waals surface area (Å²) < 4.78 is 35.6. The number of hydrogen-bond donors (Lipinski definition) is 2. The first kappa shape index (κ1) is 23.7. The van der Waals surface area contributed by atoms with Gasteiger partial charge in [-0.1, -0.05) is 42.5 Å². The van der Waals surface area contributed by atoms with Crippen LogP contribution in [0.2, 0.25) is 0 Å². The van der Waals surface area contributed by atoms with Crippen LogP contribution in [0.5, 0.6) is 5.75 Å². The summed E-state index contributed by atoms with van der Waals surface area (Å²) in [6.07, 6.45) is 4.12. The van der Waals surface area contributed by atoms with Crippen molar-refractivity contribution in [2.45, 2.75) is 24.8 Å². The smallest absolute Gasteiger partial charge is 0.301 e. The van der Waals surface area contributed by atoms with Crippen LogP contribution >= 0.6 is 0 Å². The molecule has 0 spiro atoms. The highest BCUT2D eigenvalue weighted by atomic mass is 32.2. The molecule has 2 heterocycles. The zero-order valence-corrected chi connectivity index (χ0v) is 19.7. The molecule has 1 aromatic heterocycles. The van der Waals surface area contributed by atoms with E-state index in [0.29, 0.717) is 43.2 Å². The molecule has 2 aromatic carbocycles. The van der Waals surface area contributed by atoms with Crippen LogP contribution in [0.15, 0.2) is 73.1 Å². The first-order chi connectivity index (χ1) is 16.4. The molecular formula is C24H27N5O4S. The maximum Gasteiger partial charge on any atom is 0.301 e. The normalized spacial score (nSPS) is 15.5. The summed E-state index contributed by atoms with van der Waals surface area (Å²) in [5.41, 5.74) is 0.441. The number of anilines is 1. The average Bonchev–Trinajstić information content (AvgIpc) is 2.88. The first-order valence-corrected chi connectivity index (χ1v) is 12.4. The summed E-state index contributed by atoms with van der Waals surface area (Å²) in [6.45, 7) is 1.06. The second-order valence-corrected chi connectivity index (χ2v) is 9.59. The Kier molecular flexibility index (Phi) is 7.09. The van der Waals surface area contributed by atoms with E-state index in [0.717, 1.165) is 5.56 Å². The van der Waals surface area contributed by atoms with Crippen molar-refractivity contribution in [2.75, 3.05) is 25.1 Å². The summed E-state index contributed by atoms with van der Waals surface area (Å²) >= 11 is 0. The lowest BCUT2D eigenvalue weighted by molar-refractivity contribution is -0.125. The molecule has 9 nitrogen and oxygen atoms in total. The third-order valence-electron chi connectivity index (χ3n) is 6.05. The van der Waals surface area contributed by atoms with Gasteiger partial charge in [0.25, 0.3) is 0 Å². The molecule has 4 rings (SSSR count). The van der Waals surface area contributed by atoms with E-state index in [1.165, 1.54) is 0 Å². The number of amides is 1. The molecule has 3 aromatic rings. The lowest BCUT2D eigenvalue weighted by atomic mass is 9.72. The van der Waals surface area contributed by atoms with E-state index in [9.17, 15) is 13.2 Å². The molecular weight excluding hydrogens is 454 g/mol. The average molecular weight is 482 g/mol. The van der Waals surface area contributed by atoms with E-state index in [4.69, 9.17) is 4.74 Å². The molecule has 0 unspecified atom stereocenters. The zero-order chi connectivity index (χ0) is 24.0. The van der Waals surface area contributed by atoms with Crippen LogP contribution in [0.3, 0.4) is 0 Å². The molecule has 0 radical (unpaired) electrons. The molecule has 0 aliphatic carbocycles. The van der Waals surface area contributed by atoms with Gasteiger partial charge in [0.05, 0.1) is 12.5 Å². The number of carbonyl (C=O) groups is 1. The first-order valence-electron chi connectivity index (χ1n) is 10.9. The van der Waals surface area contributed by atoms with Crippen LogP contribution in [-0.4, -0.2) is 44.5 Å².